The maximum absolute atomic E-state index is 10.3. The van der Waals surface area contributed by atoms with E-state index in [-0.39, 0.29) is 17.6 Å². The molecule has 0 aliphatic rings. The Morgan fingerprint density at radius 2 is 2.45 bits per heavy atom. The van der Waals surface area contributed by atoms with Crippen LogP contribution in [0.3, 0.4) is 0 Å². The molecule has 0 aliphatic heterocycles. The van der Waals surface area contributed by atoms with Crippen LogP contribution in [0.1, 0.15) is 12.2 Å². The molecule has 3 N–H and O–H groups in total. The number of primary amides is 1. The van der Waals surface area contributed by atoms with Gasteiger partial charge in [-0.05, 0) is 11.6 Å². The minimum atomic E-state index is -0.363. The van der Waals surface area contributed by atoms with Gasteiger partial charge in [0.05, 0.1) is 0 Å². The molecule has 0 saturated heterocycles. The van der Waals surface area contributed by atoms with Gasteiger partial charge in [0.2, 0.25) is 11.2 Å². The quantitative estimate of drug-likeness (QED) is 0.670. The number of carbonyl (C=O) groups is 1. The zero-order valence-corrected chi connectivity index (χ0v) is 6.43. The fourth-order valence-corrected chi connectivity index (χ4v) is 0.770. The van der Waals surface area contributed by atoms with Crippen molar-refractivity contribution in [1.29, 1.82) is 0 Å². The van der Waals surface area contributed by atoms with Gasteiger partial charge in [0.1, 0.15) is 5.82 Å². The molecule has 0 aliphatic carbocycles. The first kappa shape index (κ1) is 8.00. The minimum absolute atomic E-state index is 0.157. The molecule has 1 amide bonds. The van der Waals surface area contributed by atoms with Crippen LogP contribution in [0, 0.1) is 0 Å². The predicted molar refractivity (Wildman–Crippen MR) is 38.9 cm³/mol. The predicted octanol–water partition coefficient (Wildman–Crippen LogP) is -0.124. The highest BCUT2D eigenvalue weighted by molar-refractivity contribution is 6.28. The average molecular weight is 175 g/mol. The fourth-order valence-electron chi connectivity index (χ4n) is 0.625. The Hall–Kier alpha value is -1.10. The van der Waals surface area contributed by atoms with E-state index in [4.69, 9.17) is 17.3 Å². The van der Waals surface area contributed by atoms with Gasteiger partial charge in [-0.1, -0.05) is 0 Å². The van der Waals surface area contributed by atoms with Crippen LogP contribution in [0.5, 0.6) is 0 Å². The van der Waals surface area contributed by atoms with Gasteiger partial charge in [0, 0.05) is 12.8 Å². The van der Waals surface area contributed by atoms with Crippen molar-refractivity contribution in [2.45, 2.75) is 12.8 Å². The smallest absolute Gasteiger partial charge is 0.242 e. The van der Waals surface area contributed by atoms with Gasteiger partial charge < -0.3 is 5.73 Å². The number of carbonyl (C=O) groups excluding carboxylic acids is 1. The van der Waals surface area contributed by atoms with Crippen LogP contribution in [0.15, 0.2) is 0 Å². The van der Waals surface area contributed by atoms with Gasteiger partial charge in [0.15, 0.2) is 0 Å². The average Bonchev–Trinajstić information content (AvgIpc) is 2.31. The Morgan fingerprint density at radius 3 is 2.91 bits per heavy atom. The van der Waals surface area contributed by atoms with Crippen molar-refractivity contribution in [3.05, 3.63) is 11.1 Å². The van der Waals surface area contributed by atoms with E-state index >= 15 is 0 Å². The van der Waals surface area contributed by atoms with E-state index in [9.17, 15) is 4.79 Å². The maximum Gasteiger partial charge on any atom is 0.242 e. The van der Waals surface area contributed by atoms with E-state index in [0.29, 0.717) is 12.2 Å². The van der Waals surface area contributed by atoms with Gasteiger partial charge in [0.25, 0.3) is 0 Å². The minimum Gasteiger partial charge on any atom is -0.370 e. The summed E-state index contributed by atoms with van der Waals surface area (Å²) in [4.78, 5) is 14.1. The lowest BCUT2D eigenvalue weighted by molar-refractivity contribution is -0.118. The van der Waals surface area contributed by atoms with Crippen molar-refractivity contribution >= 4 is 17.5 Å². The number of halogens is 1. The molecule has 0 radical (unpaired) electrons. The Bertz CT molecular complexity index is 259. The van der Waals surface area contributed by atoms with E-state index < -0.39 is 0 Å². The second-order valence-corrected chi connectivity index (χ2v) is 2.36. The van der Waals surface area contributed by atoms with Crippen molar-refractivity contribution in [3.63, 3.8) is 0 Å². The molecular weight excluding hydrogens is 168 g/mol. The molecule has 0 aromatic carbocycles. The number of nitrogens with one attached hydrogen (secondary N) is 1. The zero-order chi connectivity index (χ0) is 8.27. The molecule has 0 saturated carbocycles. The molecule has 0 spiro atoms. The summed E-state index contributed by atoms with van der Waals surface area (Å²) in [5.74, 6) is 0.214. The summed E-state index contributed by atoms with van der Waals surface area (Å²) in [6.45, 7) is 0. The lowest BCUT2D eigenvalue weighted by atomic mass is 10.3. The number of nitrogens with two attached hydrogens (primary N) is 1. The van der Waals surface area contributed by atoms with Crippen LogP contribution >= 0.6 is 11.6 Å². The largest absolute Gasteiger partial charge is 0.370 e. The van der Waals surface area contributed by atoms with Crippen LogP contribution in [0.25, 0.3) is 0 Å². The normalized spacial score (nSPS) is 9.91. The van der Waals surface area contributed by atoms with Crippen LogP contribution < -0.4 is 5.73 Å². The number of amides is 1. The lowest BCUT2D eigenvalue weighted by Gasteiger charge is -1.89. The van der Waals surface area contributed by atoms with Crippen molar-refractivity contribution in [3.8, 4) is 0 Å². The molecule has 5 nitrogen and oxygen atoms in total. The molecule has 1 heterocycles. The van der Waals surface area contributed by atoms with E-state index in [1.165, 1.54) is 0 Å². The Morgan fingerprint density at radius 1 is 1.73 bits per heavy atom. The molecule has 0 bridgehead atoms. The number of hydrogen-bond donors (Lipinski definition) is 2. The maximum atomic E-state index is 10.3. The van der Waals surface area contributed by atoms with Crippen LogP contribution in [-0.2, 0) is 11.2 Å². The summed E-state index contributed by atoms with van der Waals surface area (Å²) in [5, 5.41) is 6.29. The highest BCUT2D eigenvalue weighted by Gasteiger charge is 2.01. The van der Waals surface area contributed by atoms with Crippen molar-refractivity contribution < 1.29 is 4.79 Å². The summed E-state index contributed by atoms with van der Waals surface area (Å²) in [7, 11) is 0. The lowest BCUT2D eigenvalue weighted by Crippen LogP contribution is -2.11. The van der Waals surface area contributed by atoms with Crippen molar-refractivity contribution in [2.75, 3.05) is 0 Å². The molecule has 1 rings (SSSR count). The third-order valence-electron chi connectivity index (χ3n) is 1.11. The number of rotatable bonds is 3. The highest BCUT2D eigenvalue weighted by Crippen LogP contribution is 2.00. The van der Waals surface area contributed by atoms with Gasteiger partial charge >= 0.3 is 0 Å². The van der Waals surface area contributed by atoms with Gasteiger partial charge in [-0.3, -0.25) is 9.89 Å². The molecule has 0 atom stereocenters. The zero-order valence-electron chi connectivity index (χ0n) is 5.67. The molecule has 60 valence electrons. The second kappa shape index (κ2) is 3.34. The topological polar surface area (TPSA) is 84.7 Å². The second-order valence-electron chi connectivity index (χ2n) is 2.02. The molecule has 0 unspecified atom stereocenters. The summed E-state index contributed by atoms with van der Waals surface area (Å²) < 4.78 is 0. The van der Waals surface area contributed by atoms with E-state index in [1.54, 1.807) is 0 Å². The van der Waals surface area contributed by atoms with Crippen LogP contribution in [0.4, 0.5) is 0 Å². The fraction of sp³-hybridized carbons (Fsp3) is 0.400. The molecule has 6 heteroatoms. The molecular formula is C5H7ClN4O. The number of hydrogen-bond acceptors (Lipinski definition) is 3. The first-order valence-corrected chi connectivity index (χ1v) is 3.41. The van der Waals surface area contributed by atoms with Gasteiger partial charge in [-0.2, -0.15) is 0 Å². The van der Waals surface area contributed by atoms with Gasteiger partial charge in [-0.25, -0.2) is 4.98 Å². The van der Waals surface area contributed by atoms with Gasteiger partial charge in [-0.15, -0.1) is 5.10 Å². The monoisotopic (exact) mass is 174 g/mol. The van der Waals surface area contributed by atoms with Crippen molar-refractivity contribution in [2.24, 2.45) is 5.73 Å². The van der Waals surface area contributed by atoms with E-state index in [1.807, 2.05) is 0 Å². The Balaban J connectivity index is 2.45. The standard InChI is InChI=1S/C5H7ClN4O/c6-5-8-4(9-10-5)2-1-3(7)11/h1-2H2,(H2,7,11)(H,8,9,10). The summed E-state index contributed by atoms with van der Waals surface area (Å²) in [6.07, 6.45) is 0.709. The number of aromatic amines is 1. The molecule has 1 aromatic rings. The molecule has 0 fully saturated rings. The Kier molecular flexibility index (Phi) is 2.43. The van der Waals surface area contributed by atoms with Crippen LogP contribution in [0.2, 0.25) is 5.28 Å². The van der Waals surface area contributed by atoms with E-state index in [2.05, 4.69) is 15.2 Å². The first-order chi connectivity index (χ1) is 5.18. The molecule has 1 aromatic heterocycles. The summed E-state index contributed by atoms with van der Waals surface area (Å²) >= 11 is 5.41. The summed E-state index contributed by atoms with van der Waals surface area (Å²) in [5.41, 5.74) is 4.91. The number of aryl methyl sites for hydroxylation is 1. The van der Waals surface area contributed by atoms with Crippen molar-refractivity contribution in [1.82, 2.24) is 15.2 Å². The number of nitrogens with zero attached hydrogens (tertiary/aromatic N) is 2. The highest BCUT2D eigenvalue weighted by atomic mass is 35.5. The Labute approximate surface area is 67.9 Å². The van der Waals surface area contributed by atoms with Crippen LogP contribution in [-0.4, -0.2) is 21.1 Å². The summed E-state index contributed by atoms with van der Waals surface area (Å²) in [6, 6.07) is 0. The first-order valence-electron chi connectivity index (χ1n) is 3.03. The SMILES string of the molecule is NC(=O)CCc1nc(Cl)n[nH]1. The van der Waals surface area contributed by atoms with E-state index in [0.717, 1.165) is 0 Å². The third kappa shape index (κ3) is 2.55. The number of aromatic nitrogens is 3. The third-order valence-corrected chi connectivity index (χ3v) is 1.28. The molecule has 11 heavy (non-hydrogen) atoms. The number of H-pyrrole nitrogens is 1.